The van der Waals surface area contributed by atoms with Gasteiger partial charge in [0.05, 0.1) is 18.7 Å². The van der Waals surface area contributed by atoms with Crippen molar-refractivity contribution in [2.75, 3.05) is 13.7 Å². The van der Waals surface area contributed by atoms with Gasteiger partial charge < -0.3 is 19.5 Å². The quantitative estimate of drug-likeness (QED) is 0.304. The molecule has 1 aromatic heterocycles. The van der Waals surface area contributed by atoms with Gasteiger partial charge in [0, 0.05) is 24.5 Å². The predicted octanol–water partition coefficient (Wildman–Crippen LogP) is 4.50. The number of Topliss-reactive ketones (excluding diaryl/α,β-unsaturated/α-hetero) is 1. The fraction of sp³-hybridized carbons (Fsp3) is 0.222. The highest BCUT2D eigenvalue weighted by atomic mass is 16.5. The van der Waals surface area contributed by atoms with Crippen LogP contribution in [0.1, 0.15) is 36.1 Å². The molecule has 1 aliphatic rings. The summed E-state index contributed by atoms with van der Waals surface area (Å²) in [5.41, 5.74) is 2.10. The van der Waals surface area contributed by atoms with Crippen LogP contribution in [0.2, 0.25) is 0 Å². The number of rotatable bonds is 8. The molecule has 7 nitrogen and oxygen atoms in total. The van der Waals surface area contributed by atoms with Gasteiger partial charge in [-0.25, -0.2) is 0 Å². The SMILES string of the molecule is CCCN1C(=O)C(=O)/C(=C(\O)c2ccncc2)C1c1ccc(OC)c(OCc2ccccc2)c1. The molecule has 34 heavy (non-hydrogen) atoms. The number of nitrogens with zero attached hydrogens (tertiary/aromatic N) is 2. The number of carbonyl (C=O) groups excluding carboxylic acids is 2. The molecule has 4 rings (SSSR count). The molecular formula is C27H26N2O5. The monoisotopic (exact) mass is 458 g/mol. The average molecular weight is 459 g/mol. The van der Waals surface area contributed by atoms with E-state index in [9.17, 15) is 14.7 Å². The van der Waals surface area contributed by atoms with Gasteiger partial charge in [-0.3, -0.25) is 14.6 Å². The number of likely N-dealkylation sites (tertiary alicyclic amines) is 1. The summed E-state index contributed by atoms with van der Waals surface area (Å²) in [6.07, 6.45) is 3.70. The number of hydrogen-bond acceptors (Lipinski definition) is 6. The van der Waals surface area contributed by atoms with Gasteiger partial charge in [0.1, 0.15) is 12.4 Å². The number of amides is 1. The van der Waals surface area contributed by atoms with Crippen molar-refractivity contribution in [2.45, 2.75) is 26.0 Å². The van der Waals surface area contributed by atoms with Crippen LogP contribution in [0.15, 0.2) is 78.6 Å². The number of benzene rings is 2. The third-order valence-electron chi connectivity index (χ3n) is 5.70. The molecule has 2 aromatic carbocycles. The maximum atomic E-state index is 13.0. The van der Waals surface area contributed by atoms with Crippen LogP contribution in [0.4, 0.5) is 0 Å². The minimum atomic E-state index is -0.752. The number of pyridine rings is 1. The van der Waals surface area contributed by atoms with Crippen molar-refractivity contribution < 1.29 is 24.2 Å². The van der Waals surface area contributed by atoms with E-state index in [1.807, 2.05) is 37.3 Å². The first-order valence-corrected chi connectivity index (χ1v) is 11.1. The van der Waals surface area contributed by atoms with Gasteiger partial charge in [0.15, 0.2) is 11.5 Å². The molecule has 1 amide bonds. The third kappa shape index (κ3) is 4.50. The average Bonchev–Trinajstić information content (AvgIpc) is 3.13. The van der Waals surface area contributed by atoms with Crippen molar-refractivity contribution in [2.24, 2.45) is 0 Å². The van der Waals surface area contributed by atoms with Crippen LogP contribution in [0.5, 0.6) is 11.5 Å². The summed E-state index contributed by atoms with van der Waals surface area (Å²) in [6, 6.07) is 17.5. The van der Waals surface area contributed by atoms with Crippen LogP contribution in [0.3, 0.4) is 0 Å². The van der Waals surface area contributed by atoms with Gasteiger partial charge in [-0.05, 0) is 41.8 Å². The molecule has 1 N–H and O–H groups in total. The molecule has 2 heterocycles. The van der Waals surface area contributed by atoms with Crippen LogP contribution in [0, 0.1) is 0 Å². The van der Waals surface area contributed by atoms with Crippen molar-refractivity contribution in [3.63, 3.8) is 0 Å². The summed E-state index contributed by atoms with van der Waals surface area (Å²) in [5.74, 6) is -0.566. The summed E-state index contributed by atoms with van der Waals surface area (Å²) in [4.78, 5) is 31.4. The Hall–Kier alpha value is -4.13. The number of ketones is 1. The highest BCUT2D eigenvalue weighted by Crippen LogP contribution is 2.42. The first-order chi connectivity index (χ1) is 16.5. The van der Waals surface area contributed by atoms with Crippen LogP contribution in [0.25, 0.3) is 5.76 Å². The number of aliphatic hydroxyl groups is 1. The van der Waals surface area contributed by atoms with Crippen LogP contribution in [-0.2, 0) is 16.2 Å². The van der Waals surface area contributed by atoms with E-state index < -0.39 is 17.7 Å². The molecule has 1 aliphatic heterocycles. The zero-order valence-electron chi connectivity index (χ0n) is 19.1. The van der Waals surface area contributed by atoms with Gasteiger partial charge in [-0.15, -0.1) is 0 Å². The van der Waals surface area contributed by atoms with Crippen molar-refractivity contribution in [1.29, 1.82) is 0 Å². The molecule has 0 radical (unpaired) electrons. The van der Waals surface area contributed by atoms with Crippen LogP contribution in [-0.4, -0.2) is 40.3 Å². The molecule has 7 heteroatoms. The first kappa shape index (κ1) is 23.0. The van der Waals surface area contributed by atoms with Gasteiger partial charge in [-0.1, -0.05) is 43.3 Å². The normalized spacial score (nSPS) is 17.1. The highest BCUT2D eigenvalue weighted by molar-refractivity contribution is 6.46. The minimum Gasteiger partial charge on any atom is -0.507 e. The molecule has 0 aliphatic carbocycles. The van der Waals surface area contributed by atoms with E-state index in [4.69, 9.17) is 9.47 Å². The second kappa shape index (κ2) is 10.2. The van der Waals surface area contributed by atoms with Gasteiger partial charge in [0.25, 0.3) is 11.7 Å². The molecule has 0 bridgehead atoms. The second-order valence-corrected chi connectivity index (χ2v) is 7.91. The Balaban J connectivity index is 1.78. The Morgan fingerprint density at radius 2 is 1.76 bits per heavy atom. The van der Waals surface area contributed by atoms with E-state index in [-0.39, 0.29) is 11.3 Å². The lowest BCUT2D eigenvalue weighted by atomic mass is 9.95. The number of aliphatic hydroxyl groups excluding tert-OH is 1. The zero-order chi connectivity index (χ0) is 24.1. The molecule has 0 saturated carbocycles. The number of carbonyl (C=O) groups is 2. The Kier molecular flexibility index (Phi) is 6.92. The maximum absolute atomic E-state index is 13.0. The van der Waals surface area contributed by atoms with Crippen LogP contribution >= 0.6 is 0 Å². The predicted molar refractivity (Wildman–Crippen MR) is 127 cm³/mol. The lowest BCUT2D eigenvalue weighted by molar-refractivity contribution is -0.139. The lowest BCUT2D eigenvalue weighted by Gasteiger charge is -2.25. The molecule has 174 valence electrons. The number of aromatic nitrogens is 1. The molecule has 1 atom stereocenters. The summed E-state index contributed by atoms with van der Waals surface area (Å²) in [5, 5.41) is 11.0. The zero-order valence-corrected chi connectivity index (χ0v) is 19.1. The maximum Gasteiger partial charge on any atom is 0.295 e. The highest BCUT2D eigenvalue weighted by Gasteiger charge is 2.45. The summed E-state index contributed by atoms with van der Waals surface area (Å²) in [6.45, 7) is 2.63. The topological polar surface area (TPSA) is 89.0 Å². The summed E-state index contributed by atoms with van der Waals surface area (Å²) >= 11 is 0. The van der Waals surface area contributed by atoms with E-state index in [1.54, 1.807) is 37.4 Å². The van der Waals surface area contributed by atoms with E-state index in [0.29, 0.717) is 42.2 Å². The Morgan fingerprint density at radius 1 is 1.03 bits per heavy atom. The lowest BCUT2D eigenvalue weighted by Crippen LogP contribution is -2.30. The summed E-state index contributed by atoms with van der Waals surface area (Å²) in [7, 11) is 1.55. The molecular weight excluding hydrogens is 432 g/mol. The van der Waals surface area contributed by atoms with Gasteiger partial charge in [0.2, 0.25) is 0 Å². The Bertz CT molecular complexity index is 1210. The Labute approximate surface area is 198 Å². The van der Waals surface area contributed by atoms with Crippen LogP contribution < -0.4 is 9.47 Å². The smallest absolute Gasteiger partial charge is 0.295 e. The number of hydrogen-bond donors (Lipinski definition) is 1. The van der Waals surface area contributed by atoms with Gasteiger partial charge >= 0.3 is 0 Å². The fourth-order valence-electron chi connectivity index (χ4n) is 4.07. The molecule has 0 spiro atoms. The van der Waals surface area contributed by atoms with E-state index in [2.05, 4.69) is 4.98 Å². The summed E-state index contributed by atoms with van der Waals surface area (Å²) < 4.78 is 11.5. The van der Waals surface area contributed by atoms with E-state index >= 15 is 0 Å². The molecule has 3 aromatic rings. The van der Waals surface area contributed by atoms with Crippen molar-refractivity contribution >= 4 is 17.4 Å². The second-order valence-electron chi connectivity index (χ2n) is 7.91. The van der Waals surface area contributed by atoms with Crippen molar-refractivity contribution in [3.8, 4) is 11.5 Å². The van der Waals surface area contributed by atoms with Crippen molar-refractivity contribution in [3.05, 3.63) is 95.3 Å². The number of methoxy groups -OCH3 is 1. The standard InChI is InChI=1S/C27H26N2O5/c1-3-15-29-24(23(26(31)27(29)32)25(30)19-11-13-28-14-12-19)20-9-10-21(33-2)22(16-20)34-17-18-7-5-4-6-8-18/h4-14,16,24,30H,3,15,17H2,1-2H3/b25-23-. The third-order valence-corrected chi connectivity index (χ3v) is 5.70. The molecule has 1 unspecified atom stereocenters. The van der Waals surface area contributed by atoms with Gasteiger partial charge in [-0.2, -0.15) is 0 Å². The van der Waals surface area contributed by atoms with Crippen molar-refractivity contribution in [1.82, 2.24) is 9.88 Å². The fourth-order valence-corrected chi connectivity index (χ4v) is 4.07. The van der Waals surface area contributed by atoms with E-state index in [1.165, 1.54) is 17.3 Å². The molecule has 1 saturated heterocycles. The van der Waals surface area contributed by atoms with E-state index in [0.717, 1.165) is 5.56 Å². The minimum absolute atomic E-state index is 0.0452. The first-order valence-electron chi connectivity index (χ1n) is 11.1. The largest absolute Gasteiger partial charge is 0.507 e. The Morgan fingerprint density at radius 3 is 2.44 bits per heavy atom. The number of ether oxygens (including phenoxy) is 2. The molecule has 1 fully saturated rings.